The standard InChI is InChI=1S/C22H26ClN3O4S/c1-13(2)26(6)31(28,29)15-8-9-17(23)16(12-15)20(27)24-14-7-10-19-18(11-14)25-21(30-19)22(3,4)5/h7-13H,1-6H3,(H,24,27). The predicted octanol–water partition coefficient (Wildman–Crippen LogP) is 5.06. The first-order valence-corrected chi connectivity index (χ1v) is 11.6. The molecule has 1 amide bonds. The highest BCUT2D eigenvalue weighted by molar-refractivity contribution is 7.89. The van der Waals surface area contributed by atoms with E-state index in [1.807, 2.05) is 20.8 Å². The van der Waals surface area contributed by atoms with Crippen LogP contribution in [-0.4, -0.2) is 36.7 Å². The van der Waals surface area contributed by atoms with Gasteiger partial charge in [0.2, 0.25) is 15.9 Å². The number of hydrogen-bond acceptors (Lipinski definition) is 5. The molecular weight excluding hydrogens is 438 g/mol. The molecule has 3 rings (SSSR count). The highest BCUT2D eigenvalue weighted by Crippen LogP contribution is 2.28. The summed E-state index contributed by atoms with van der Waals surface area (Å²) in [5.41, 5.74) is 1.55. The van der Waals surface area contributed by atoms with E-state index in [0.717, 1.165) is 0 Å². The van der Waals surface area contributed by atoms with Gasteiger partial charge in [-0.05, 0) is 50.2 Å². The van der Waals surface area contributed by atoms with Crippen molar-refractivity contribution in [3.8, 4) is 0 Å². The third kappa shape index (κ3) is 4.76. The number of aromatic nitrogens is 1. The van der Waals surface area contributed by atoms with E-state index in [1.165, 1.54) is 29.6 Å². The Morgan fingerprint density at radius 2 is 1.84 bits per heavy atom. The average Bonchev–Trinajstić information content (AvgIpc) is 3.11. The van der Waals surface area contributed by atoms with Gasteiger partial charge in [-0.1, -0.05) is 32.4 Å². The van der Waals surface area contributed by atoms with Crippen molar-refractivity contribution in [2.45, 2.75) is 51.0 Å². The molecule has 0 fully saturated rings. The summed E-state index contributed by atoms with van der Waals surface area (Å²) in [7, 11) is -2.26. The summed E-state index contributed by atoms with van der Waals surface area (Å²) in [5, 5.41) is 2.91. The second-order valence-electron chi connectivity index (χ2n) is 8.66. The number of amides is 1. The SMILES string of the molecule is CC(C)N(C)S(=O)(=O)c1ccc(Cl)c(C(=O)Nc2ccc3oc(C(C)(C)C)nc3c2)c1. The molecule has 0 unspecified atom stereocenters. The number of nitrogens with zero attached hydrogens (tertiary/aromatic N) is 2. The number of carbonyl (C=O) groups is 1. The summed E-state index contributed by atoms with van der Waals surface area (Å²) in [6.45, 7) is 9.54. The van der Waals surface area contributed by atoms with E-state index < -0.39 is 15.9 Å². The zero-order chi connectivity index (χ0) is 23.1. The molecule has 0 saturated heterocycles. The van der Waals surface area contributed by atoms with Crippen LogP contribution >= 0.6 is 11.6 Å². The van der Waals surface area contributed by atoms with Crippen LogP contribution in [0, 0.1) is 0 Å². The van der Waals surface area contributed by atoms with Gasteiger partial charge in [-0.25, -0.2) is 13.4 Å². The number of sulfonamides is 1. The Labute approximate surface area is 187 Å². The molecule has 0 aliphatic heterocycles. The zero-order valence-electron chi connectivity index (χ0n) is 18.4. The lowest BCUT2D eigenvalue weighted by Gasteiger charge is -2.21. The molecule has 1 N–H and O–H groups in total. The Kier molecular flexibility index (Phi) is 6.19. The van der Waals surface area contributed by atoms with Crippen LogP contribution in [-0.2, 0) is 15.4 Å². The van der Waals surface area contributed by atoms with Crippen molar-refractivity contribution in [2.24, 2.45) is 0 Å². The molecule has 1 heterocycles. The number of benzene rings is 2. The van der Waals surface area contributed by atoms with Crippen molar-refractivity contribution in [3.63, 3.8) is 0 Å². The van der Waals surface area contributed by atoms with Crippen molar-refractivity contribution in [2.75, 3.05) is 12.4 Å². The third-order valence-corrected chi connectivity index (χ3v) is 7.23. The molecule has 31 heavy (non-hydrogen) atoms. The predicted molar refractivity (Wildman–Crippen MR) is 122 cm³/mol. The highest BCUT2D eigenvalue weighted by Gasteiger charge is 2.25. The molecule has 7 nitrogen and oxygen atoms in total. The van der Waals surface area contributed by atoms with Crippen LogP contribution < -0.4 is 5.32 Å². The van der Waals surface area contributed by atoms with Crippen LogP contribution in [0.25, 0.3) is 11.1 Å². The Morgan fingerprint density at radius 1 is 1.16 bits per heavy atom. The lowest BCUT2D eigenvalue weighted by molar-refractivity contribution is 0.102. The molecule has 0 atom stereocenters. The largest absolute Gasteiger partial charge is 0.440 e. The maximum absolute atomic E-state index is 12.9. The monoisotopic (exact) mass is 463 g/mol. The van der Waals surface area contributed by atoms with Gasteiger partial charge < -0.3 is 9.73 Å². The zero-order valence-corrected chi connectivity index (χ0v) is 19.9. The molecule has 0 aliphatic carbocycles. The summed E-state index contributed by atoms with van der Waals surface area (Å²) in [5.74, 6) is 0.0781. The summed E-state index contributed by atoms with van der Waals surface area (Å²) in [6, 6.07) is 8.99. The minimum atomic E-state index is -3.75. The number of carbonyl (C=O) groups excluding carboxylic acids is 1. The molecule has 9 heteroatoms. The maximum atomic E-state index is 12.9. The normalized spacial score (nSPS) is 12.7. The fourth-order valence-corrected chi connectivity index (χ4v) is 4.40. The molecule has 1 aromatic heterocycles. The number of nitrogens with one attached hydrogen (secondary N) is 1. The first-order chi connectivity index (χ1) is 14.3. The molecule has 0 saturated carbocycles. The van der Waals surface area contributed by atoms with Crippen molar-refractivity contribution < 1.29 is 17.6 Å². The van der Waals surface area contributed by atoms with Gasteiger partial charge in [-0.15, -0.1) is 0 Å². The van der Waals surface area contributed by atoms with Gasteiger partial charge in [0.15, 0.2) is 5.58 Å². The Morgan fingerprint density at radius 3 is 2.45 bits per heavy atom. The lowest BCUT2D eigenvalue weighted by Crippen LogP contribution is -2.33. The molecule has 0 spiro atoms. The van der Waals surface area contributed by atoms with E-state index in [-0.39, 0.29) is 26.9 Å². The van der Waals surface area contributed by atoms with Gasteiger partial charge in [-0.3, -0.25) is 4.79 Å². The van der Waals surface area contributed by atoms with Crippen molar-refractivity contribution in [1.82, 2.24) is 9.29 Å². The quantitative estimate of drug-likeness (QED) is 0.570. The Bertz CT molecular complexity index is 1240. The van der Waals surface area contributed by atoms with Crippen LogP contribution in [0.4, 0.5) is 5.69 Å². The number of oxazole rings is 1. The maximum Gasteiger partial charge on any atom is 0.257 e. The summed E-state index contributed by atoms with van der Waals surface area (Å²) >= 11 is 6.20. The van der Waals surface area contributed by atoms with Crippen LogP contribution in [0.3, 0.4) is 0 Å². The number of anilines is 1. The van der Waals surface area contributed by atoms with Gasteiger partial charge >= 0.3 is 0 Å². The van der Waals surface area contributed by atoms with Crippen LogP contribution in [0.1, 0.15) is 50.9 Å². The summed E-state index contributed by atoms with van der Waals surface area (Å²) in [6.07, 6.45) is 0. The fraction of sp³-hybridized carbons (Fsp3) is 0.364. The van der Waals surface area contributed by atoms with Crippen LogP contribution in [0.15, 0.2) is 45.7 Å². The molecule has 2 aromatic carbocycles. The first kappa shape index (κ1) is 23.2. The van der Waals surface area contributed by atoms with E-state index in [0.29, 0.717) is 22.7 Å². The second-order valence-corrected chi connectivity index (χ2v) is 11.1. The number of fused-ring (bicyclic) bond motifs is 1. The van der Waals surface area contributed by atoms with Crippen LogP contribution in [0.5, 0.6) is 0 Å². The first-order valence-electron chi connectivity index (χ1n) is 9.80. The topological polar surface area (TPSA) is 92.5 Å². The lowest BCUT2D eigenvalue weighted by atomic mass is 9.97. The van der Waals surface area contributed by atoms with E-state index in [4.69, 9.17) is 16.0 Å². The average molecular weight is 464 g/mol. The summed E-state index contributed by atoms with van der Waals surface area (Å²) < 4.78 is 32.6. The van der Waals surface area contributed by atoms with Crippen molar-refractivity contribution in [3.05, 3.63) is 52.9 Å². The number of hydrogen-bond donors (Lipinski definition) is 1. The minimum Gasteiger partial charge on any atom is -0.440 e. The number of rotatable bonds is 5. The van der Waals surface area contributed by atoms with Crippen molar-refractivity contribution >= 4 is 44.3 Å². The molecular formula is C22H26ClN3O4S. The molecule has 3 aromatic rings. The van der Waals surface area contributed by atoms with E-state index in [9.17, 15) is 13.2 Å². The highest BCUT2D eigenvalue weighted by atomic mass is 35.5. The van der Waals surface area contributed by atoms with E-state index in [2.05, 4.69) is 10.3 Å². The molecule has 166 valence electrons. The van der Waals surface area contributed by atoms with Gasteiger partial charge in [0, 0.05) is 24.2 Å². The minimum absolute atomic E-state index is 0.0000207. The van der Waals surface area contributed by atoms with E-state index in [1.54, 1.807) is 32.0 Å². The summed E-state index contributed by atoms with van der Waals surface area (Å²) in [4.78, 5) is 17.4. The second kappa shape index (κ2) is 8.26. The van der Waals surface area contributed by atoms with Gasteiger partial charge in [0.25, 0.3) is 5.91 Å². The van der Waals surface area contributed by atoms with Gasteiger partial charge in [0.1, 0.15) is 5.52 Å². The fourth-order valence-electron chi connectivity index (χ4n) is 2.81. The van der Waals surface area contributed by atoms with Gasteiger partial charge in [0.05, 0.1) is 15.5 Å². The number of halogens is 1. The van der Waals surface area contributed by atoms with Crippen molar-refractivity contribution in [1.29, 1.82) is 0 Å². The Hall–Kier alpha value is -2.42. The van der Waals surface area contributed by atoms with Gasteiger partial charge in [-0.2, -0.15) is 4.31 Å². The Balaban J connectivity index is 1.91. The molecule has 0 bridgehead atoms. The third-order valence-electron chi connectivity index (χ3n) is 4.87. The van der Waals surface area contributed by atoms with E-state index >= 15 is 0 Å². The van der Waals surface area contributed by atoms with Crippen LogP contribution in [0.2, 0.25) is 5.02 Å². The molecule has 0 radical (unpaired) electrons. The smallest absolute Gasteiger partial charge is 0.257 e. The molecule has 0 aliphatic rings.